The lowest BCUT2D eigenvalue weighted by Gasteiger charge is -2.27. The van der Waals surface area contributed by atoms with E-state index in [2.05, 4.69) is 4.72 Å². The van der Waals surface area contributed by atoms with Crippen molar-refractivity contribution in [1.82, 2.24) is 14.5 Å². The number of nitrogens with zero attached hydrogens (tertiary/aromatic N) is 2. The molecule has 9 nitrogen and oxygen atoms in total. The molecular formula is C16H23N3O6S. The van der Waals surface area contributed by atoms with Crippen LogP contribution in [0.3, 0.4) is 0 Å². The third-order valence-corrected chi connectivity index (χ3v) is 5.33. The highest BCUT2D eigenvalue weighted by molar-refractivity contribution is 7.89. The van der Waals surface area contributed by atoms with Crippen molar-refractivity contribution in [3.63, 3.8) is 0 Å². The highest BCUT2D eigenvalue weighted by Gasteiger charge is 2.25. The molecule has 144 valence electrons. The van der Waals surface area contributed by atoms with Crippen LogP contribution in [0.25, 0.3) is 0 Å². The Bertz CT molecular complexity index is 772. The van der Waals surface area contributed by atoms with Gasteiger partial charge in [0.25, 0.3) is 5.91 Å². The number of benzene rings is 1. The number of carbonyl (C=O) groups is 2. The maximum atomic E-state index is 12.6. The minimum absolute atomic E-state index is 0.0910. The fourth-order valence-corrected chi connectivity index (χ4v) is 3.53. The van der Waals surface area contributed by atoms with Crippen molar-refractivity contribution in [3.8, 4) is 5.75 Å². The van der Waals surface area contributed by atoms with Crippen molar-refractivity contribution >= 4 is 21.8 Å². The number of hydrogen-bond donors (Lipinski definition) is 1. The molecular weight excluding hydrogens is 362 g/mol. The van der Waals surface area contributed by atoms with E-state index < -0.39 is 15.9 Å². The van der Waals surface area contributed by atoms with Gasteiger partial charge in [-0.25, -0.2) is 13.1 Å². The first-order valence-corrected chi connectivity index (χ1v) is 9.49. The van der Waals surface area contributed by atoms with Gasteiger partial charge >= 0.3 is 0 Å². The van der Waals surface area contributed by atoms with E-state index in [0.29, 0.717) is 26.3 Å². The molecule has 1 fully saturated rings. The summed E-state index contributed by atoms with van der Waals surface area (Å²) >= 11 is 0. The lowest BCUT2D eigenvalue weighted by atomic mass is 10.2. The van der Waals surface area contributed by atoms with Gasteiger partial charge in [-0.3, -0.25) is 9.59 Å². The van der Waals surface area contributed by atoms with Crippen LogP contribution in [0.15, 0.2) is 23.1 Å². The number of carbonyl (C=O) groups excluding carboxylic acids is 2. The molecule has 1 aliphatic rings. The molecule has 0 saturated carbocycles. The maximum absolute atomic E-state index is 12.6. The van der Waals surface area contributed by atoms with Crippen LogP contribution < -0.4 is 9.46 Å². The molecule has 0 aliphatic carbocycles. The van der Waals surface area contributed by atoms with E-state index in [1.807, 2.05) is 0 Å². The van der Waals surface area contributed by atoms with Crippen molar-refractivity contribution < 1.29 is 27.5 Å². The highest BCUT2D eigenvalue weighted by atomic mass is 32.2. The van der Waals surface area contributed by atoms with Crippen molar-refractivity contribution in [1.29, 1.82) is 0 Å². The third kappa shape index (κ3) is 4.71. The topological polar surface area (TPSA) is 105 Å². The van der Waals surface area contributed by atoms with Crippen molar-refractivity contribution in [3.05, 3.63) is 23.8 Å². The molecule has 1 heterocycles. The van der Waals surface area contributed by atoms with E-state index >= 15 is 0 Å². The molecule has 1 saturated heterocycles. The Morgan fingerprint density at radius 1 is 1.27 bits per heavy atom. The quantitative estimate of drug-likeness (QED) is 0.710. The standard InChI is InChI=1S/C16H23N3O6S/c1-18(2)15(20)11-17-26(22,23)14-10-12(4-5-13(14)24-3)16(21)19-6-8-25-9-7-19/h4-5,10,17H,6-9,11H2,1-3H3. The predicted octanol–water partition coefficient (Wildman–Crippen LogP) is -0.466. The Morgan fingerprint density at radius 2 is 1.92 bits per heavy atom. The summed E-state index contributed by atoms with van der Waals surface area (Å²) in [7, 11) is 0.353. The molecule has 0 spiro atoms. The first-order chi connectivity index (χ1) is 12.3. The molecule has 1 aromatic carbocycles. The summed E-state index contributed by atoms with van der Waals surface area (Å²) in [5, 5.41) is 0. The maximum Gasteiger partial charge on any atom is 0.254 e. The van der Waals surface area contributed by atoms with E-state index in [9.17, 15) is 18.0 Å². The van der Waals surface area contributed by atoms with Crippen LogP contribution in [0.5, 0.6) is 5.75 Å². The van der Waals surface area contributed by atoms with Gasteiger partial charge in [-0.1, -0.05) is 0 Å². The van der Waals surface area contributed by atoms with Gasteiger partial charge in [0.05, 0.1) is 26.9 Å². The molecule has 1 aromatic rings. The van der Waals surface area contributed by atoms with Crippen molar-refractivity contribution in [2.24, 2.45) is 0 Å². The molecule has 10 heteroatoms. The summed E-state index contributed by atoms with van der Waals surface area (Å²) in [5.74, 6) is -0.585. The molecule has 0 aromatic heterocycles. The van der Waals surface area contributed by atoms with E-state index in [-0.39, 0.29) is 28.7 Å². The first-order valence-electron chi connectivity index (χ1n) is 8.01. The summed E-state index contributed by atoms with van der Waals surface area (Å²) in [4.78, 5) is 26.9. The van der Waals surface area contributed by atoms with Crippen LogP contribution in [0.2, 0.25) is 0 Å². The third-order valence-electron chi connectivity index (χ3n) is 3.91. The minimum Gasteiger partial charge on any atom is -0.495 e. The summed E-state index contributed by atoms with van der Waals surface area (Å²) in [6.45, 7) is 1.40. The number of likely N-dealkylation sites (N-methyl/N-ethyl adjacent to an activating group) is 1. The van der Waals surface area contributed by atoms with E-state index in [1.165, 1.54) is 44.3 Å². The molecule has 0 bridgehead atoms. The molecule has 1 aliphatic heterocycles. The van der Waals surface area contributed by atoms with Gasteiger partial charge in [0, 0.05) is 32.7 Å². The van der Waals surface area contributed by atoms with Crippen LogP contribution >= 0.6 is 0 Å². The summed E-state index contributed by atoms with van der Waals surface area (Å²) in [6, 6.07) is 4.20. The SMILES string of the molecule is COc1ccc(C(=O)N2CCOCC2)cc1S(=O)(=O)NCC(=O)N(C)C. The largest absolute Gasteiger partial charge is 0.495 e. The number of rotatable bonds is 6. The van der Waals surface area contributed by atoms with Gasteiger partial charge in [-0.2, -0.15) is 0 Å². The van der Waals surface area contributed by atoms with Gasteiger partial charge in [0.1, 0.15) is 10.6 Å². The van der Waals surface area contributed by atoms with Crippen LogP contribution in [-0.2, 0) is 19.6 Å². The van der Waals surface area contributed by atoms with Crippen LogP contribution in [0.1, 0.15) is 10.4 Å². The Kier molecular flexibility index (Phi) is 6.57. The number of amides is 2. The molecule has 0 radical (unpaired) electrons. The predicted molar refractivity (Wildman–Crippen MR) is 93.6 cm³/mol. The van der Waals surface area contributed by atoms with Crippen LogP contribution in [0, 0.1) is 0 Å². The Labute approximate surface area is 152 Å². The average Bonchev–Trinajstić information content (AvgIpc) is 2.65. The van der Waals surface area contributed by atoms with Gasteiger partial charge in [0.2, 0.25) is 15.9 Å². The van der Waals surface area contributed by atoms with Gasteiger partial charge in [-0.15, -0.1) is 0 Å². The number of hydrogen-bond acceptors (Lipinski definition) is 6. The molecule has 0 unspecified atom stereocenters. The fraction of sp³-hybridized carbons (Fsp3) is 0.500. The molecule has 26 heavy (non-hydrogen) atoms. The smallest absolute Gasteiger partial charge is 0.254 e. The second-order valence-electron chi connectivity index (χ2n) is 5.88. The first kappa shape index (κ1) is 20.1. The number of nitrogens with one attached hydrogen (secondary N) is 1. The number of sulfonamides is 1. The molecule has 2 amide bonds. The Morgan fingerprint density at radius 3 is 2.50 bits per heavy atom. The second-order valence-corrected chi connectivity index (χ2v) is 7.62. The zero-order valence-electron chi connectivity index (χ0n) is 15.0. The van der Waals surface area contributed by atoms with Crippen molar-refractivity contribution in [2.75, 3.05) is 54.1 Å². The number of methoxy groups -OCH3 is 1. The highest BCUT2D eigenvalue weighted by Crippen LogP contribution is 2.25. The second kappa shape index (κ2) is 8.47. The van der Waals surface area contributed by atoms with Gasteiger partial charge in [0.15, 0.2) is 0 Å². The van der Waals surface area contributed by atoms with E-state index in [1.54, 1.807) is 4.90 Å². The fourth-order valence-electron chi connectivity index (χ4n) is 2.36. The monoisotopic (exact) mass is 385 g/mol. The van der Waals surface area contributed by atoms with Gasteiger partial charge < -0.3 is 19.3 Å². The van der Waals surface area contributed by atoms with Gasteiger partial charge in [-0.05, 0) is 18.2 Å². The van der Waals surface area contributed by atoms with Crippen LogP contribution in [0.4, 0.5) is 0 Å². The van der Waals surface area contributed by atoms with E-state index in [4.69, 9.17) is 9.47 Å². The summed E-state index contributed by atoms with van der Waals surface area (Å²) < 4.78 is 37.7. The molecule has 1 N–H and O–H groups in total. The normalized spacial score (nSPS) is 14.8. The Hall–Kier alpha value is -2.17. The summed E-state index contributed by atoms with van der Waals surface area (Å²) in [5.41, 5.74) is 0.229. The lowest BCUT2D eigenvalue weighted by molar-refractivity contribution is -0.127. The molecule has 0 atom stereocenters. The molecule has 2 rings (SSSR count). The van der Waals surface area contributed by atoms with Crippen LogP contribution in [-0.4, -0.2) is 84.1 Å². The zero-order chi connectivity index (χ0) is 19.3. The Balaban J connectivity index is 2.28. The number of ether oxygens (including phenoxy) is 2. The minimum atomic E-state index is -4.04. The number of morpholine rings is 1. The zero-order valence-corrected chi connectivity index (χ0v) is 15.8. The van der Waals surface area contributed by atoms with E-state index in [0.717, 1.165) is 0 Å². The average molecular weight is 385 g/mol. The lowest BCUT2D eigenvalue weighted by Crippen LogP contribution is -2.40. The van der Waals surface area contributed by atoms with Crippen molar-refractivity contribution in [2.45, 2.75) is 4.90 Å². The summed E-state index contributed by atoms with van der Waals surface area (Å²) in [6.07, 6.45) is 0.